The zero-order valence-electron chi connectivity index (χ0n) is 20.1. The molecule has 12 heteroatoms. The number of hydrogen-bond donors (Lipinski definition) is 3. The van der Waals surface area contributed by atoms with Crippen LogP contribution in [0.15, 0.2) is 61.3 Å². The van der Waals surface area contributed by atoms with E-state index in [0.29, 0.717) is 17.4 Å². The predicted octanol–water partition coefficient (Wildman–Crippen LogP) is 2.05. The van der Waals surface area contributed by atoms with Crippen molar-refractivity contribution in [3.8, 4) is 0 Å². The molecule has 0 saturated heterocycles. The number of carbonyl (C=O) groups excluding carboxylic acids is 1. The summed E-state index contributed by atoms with van der Waals surface area (Å²) in [6.07, 6.45) is 2.36. The topological polar surface area (TPSA) is 135 Å². The number of rotatable bonds is 10. The van der Waals surface area contributed by atoms with Crippen molar-refractivity contribution in [2.24, 2.45) is 5.92 Å². The van der Waals surface area contributed by atoms with Crippen molar-refractivity contribution < 1.29 is 26.9 Å². The SMILES string of the molecule is CNS(=O)(=O)O[C@@H]1C[C@@H](Nc2ncncc2C(=O)c2ccn(C[C@@H]3C[C@H]3c3ccccc3)c2)[C@@H](F)[C@@H]1O. The Morgan fingerprint density at radius 1 is 1.24 bits per heavy atom. The maximum Gasteiger partial charge on any atom is 0.335 e. The first kappa shape index (κ1) is 25.5. The molecule has 2 saturated carbocycles. The van der Waals surface area contributed by atoms with E-state index in [9.17, 15) is 22.7 Å². The lowest BCUT2D eigenvalue weighted by molar-refractivity contribution is 0.0248. The summed E-state index contributed by atoms with van der Waals surface area (Å²) in [5.74, 6) is 0.785. The second kappa shape index (κ2) is 10.3. The minimum Gasteiger partial charge on any atom is -0.387 e. The molecule has 3 aromatic rings. The van der Waals surface area contributed by atoms with Crippen LogP contribution in [0.1, 0.15) is 40.2 Å². The monoisotopic (exact) mass is 529 g/mol. The van der Waals surface area contributed by atoms with E-state index in [1.807, 2.05) is 33.7 Å². The summed E-state index contributed by atoms with van der Waals surface area (Å²) in [6.45, 7) is 0.795. The quantitative estimate of drug-likeness (QED) is 0.340. The normalized spacial score (nSPS) is 27.2. The van der Waals surface area contributed by atoms with Gasteiger partial charge in [0, 0.05) is 44.2 Å². The highest BCUT2D eigenvalue weighted by Gasteiger charge is 2.46. The molecular weight excluding hydrogens is 501 g/mol. The maximum absolute atomic E-state index is 14.8. The molecule has 2 aliphatic carbocycles. The summed E-state index contributed by atoms with van der Waals surface area (Å²) in [6, 6.07) is 11.1. The molecule has 0 bridgehead atoms. The zero-order chi connectivity index (χ0) is 26.2. The Morgan fingerprint density at radius 2 is 2.03 bits per heavy atom. The van der Waals surface area contributed by atoms with Crippen molar-refractivity contribution in [3.05, 3.63) is 78.0 Å². The fraction of sp³-hybridized carbons (Fsp3) is 0.400. The molecule has 196 valence electrons. The third-order valence-electron chi connectivity index (χ3n) is 6.97. The van der Waals surface area contributed by atoms with Gasteiger partial charge < -0.3 is 15.0 Å². The van der Waals surface area contributed by atoms with Gasteiger partial charge in [-0.05, 0) is 29.9 Å². The lowest BCUT2D eigenvalue weighted by atomic mass is 10.1. The smallest absolute Gasteiger partial charge is 0.335 e. The Balaban J connectivity index is 1.26. The van der Waals surface area contributed by atoms with Crippen molar-refractivity contribution in [3.63, 3.8) is 0 Å². The number of benzene rings is 1. The van der Waals surface area contributed by atoms with Gasteiger partial charge in [0.1, 0.15) is 30.5 Å². The molecule has 0 amide bonds. The van der Waals surface area contributed by atoms with E-state index in [1.165, 1.54) is 18.1 Å². The summed E-state index contributed by atoms with van der Waals surface area (Å²) in [5.41, 5.74) is 1.91. The molecule has 2 heterocycles. The molecule has 2 fully saturated rings. The molecule has 10 nitrogen and oxygen atoms in total. The van der Waals surface area contributed by atoms with Crippen LogP contribution in [0, 0.1) is 5.92 Å². The number of anilines is 1. The number of halogens is 1. The van der Waals surface area contributed by atoms with Gasteiger partial charge in [0.05, 0.1) is 11.6 Å². The van der Waals surface area contributed by atoms with Crippen molar-refractivity contribution in [2.45, 2.75) is 49.7 Å². The second-order valence-corrected chi connectivity index (χ2v) is 10.9. The van der Waals surface area contributed by atoms with Gasteiger partial charge in [0.15, 0.2) is 5.78 Å². The van der Waals surface area contributed by atoms with Crippen LogP contribution in [0.4, 0.5) is 10.2 Å². The largest absolute Gasteiger partial charge is 0.387 e. The summed E-state index contributed by atoms with van der Waals surface area (Å²) < 4.78 is 47.0. The van der Waals surface area contributed by atoms with Crippen LogP contribution in [-0.2, 0) is 21.0 Å². The van der Waals surface area contributed by atoms with Crippen molar-refractivity contribution in [2.75, 3.05) is 12.4 Å². The fourth-order valence-electron chi connectivity index (χ4n) is 4.87. The van der Waals surface area contributed by atoms with Crippen LogP contribution in [0.25, 0.3) is 0 Å². The van der Waals surface area contributed by atoms with Gasteiger partial charge in [-0.3, -0.25) is 8.98 Å². The molecule has 2 aromatic heterocycles. The van der Waals surface area contributed by atoms with Gasteiger partial charge in [-0.15, -0.1) is 0 Å². The van der Waals surface area contributed by atoms with Crippen LogP contribution in [0.5, 0.6) is 0 Å². The number of carbonyl (C=O) groups is 1. The second-order valence-electron chi connectivity index (χ2n) is 9.44. The van der Waals surface area contributed by atoms with Crippen LogP contribution < -0.4 is 10.0 Å². The molecule has 3 N–H and O–H groups in total. The molecular formula is C25H28FN5O5S. The average Bonchev–Trinajstić information content (AvgIpc) is 3.43. The van der Waals surface area contributed by atoms with Crippen LogP contribution in [-0.4, -0.2) is 65.3 Å². The third-order valence-corrected chi connectivity index (χ3v) is 7.97. The predicted molar refractivity (Wildman–Crippen MR) is 133 cm³/mol. The highest BCUT2D eigenvalue weighted by molar-refractivity contribution is 7.84. The number of aliphatic hydroxyl groups is 1. The van der Waals surface area contributed by atoms with Crippen molar-refractivity contribution in [1.82, 2.24) is 19.3 Å². The number of aromatic nitrogens is 3. The summed E-state index contributed by atoms with van der Waals surface area (Å²) in [5, 5.41) is 13.0. The Bertz CT molecular complexity index is 1370. The van der Waals surface area contributed by atoms with E-state index < -0.39 is 34.7 Å². The van der Waals surface area contributed by atoms with Crippen LogP contribution in [0.2, 0.25) is 0 Å². The van der Waals surface area contributed by atoms with Gasteiger partial charge in [0.2, 0.25) is 0 Å². The summed E-state index contributed by atoms with van der Waals surface area (Å²) >= 11 is 0. The minimum absolute atomic E-state index is 0.0936. The number of aliphatic hydroxyl groups excluding tert-OH is 1. The highest BCUT2D eigenvalue weighted by atomic mass is 32.2. The van der Waals surface area contributed by atoms with E-state index in [-0.39, 0.29) is 23.6 Å². The molecule has 0 unspecified atom stereocenters. The molecule has 6 atom stereocenters. The van der Waals surface area contributed by atoms with E-state index in [0.717, 1.165) is 20.0 Å². The molecule has 37 heavy (non-hydrogen) atoms. The van der Waals surface area contributed by atoms with Gasteiger partial charge in [-0.2, -0.15) is 13.1 Å². The Kier molecular flexibility index (Phi) is 7.08. The molecule has 5 rings (SSSR count). The molecule has 2 aliphatic rings. The Labute approximate surface area is 214 Å². The minimum atomic E-state index is -4.12. The van der Waals surface area contributed by atoms with Gasteiger partial charge in [-0.25, -0.2) is 14.4 Å². The Morgan fingerprint density at radius 3 is 2.78 bits per heavy atom. The number of nitrogens with zero attached hydrogens (tertiary/aromatic N) is 3. The van der Waals surface area contributed by atoms with Crippen LogP contribution in [0.3, 0.4) is 0 Å². The van der Waals surface area contributed by atoms with Gasteiger partial charge in [0.25, 0.3) is 0 Å². The first-order chi connectivity index (χ1) is 17.8. The summed E-state index contributed by atoms with van der Waals surface area (Å²) in [7, 11) is -2.97. The summed E-state index contributed by atoms with van der Waals surface area (Å²) in [4.78, 5) is 21.3. The third kappa shape index (κ3) is 5.57. The van der Waals surface area contributed by atoms with E-state index in [2.05, 4.69) is 27.4 Å². The number of hydrogen-bond acceptors (Lipinski definition) is 8. The fourth-order valence-corrected chi connectivity index (χ4v) is 5.48. The van der Waals surface area contributed by atoms with Gasteiger partial charge in [-0.1, -0.05) is 30.3 Å². The molecule has 0 spiro atoms. The lowest BCUT2D eigenvalue weighted by Crippen LogP contribution is -2.35. The van der Waals surface area contributed by atoms with E-state index in [1.54, 1.807) is 12.3 Å². The average molecular weight is 530 g/mol. The van der Waals surface area contributed by atoms with Crippen molar-refractivity contribution in [1.29, 1.82) is 0 Å². The van der Waals surface area contributed by atoms with Crippen molar-refractivity contribution >= 4 is 21.9 Å². The van der Waals surface area contributed by atoms with Gasteiger partial charge >= 0.3 is 10.3 Å². The Hall–Kier alpha value is -3.19. The molecule has 0 aliphatic heterocycles. The molecule has 1 aromatic carbocycles. The lowest BCUT2D eigenvalue weighted by Gasteiger charge is -2.17. The number of alkyl halides is 1. The number of ketones is 1. The van der Waals surface area contributed by atoms with E-state index >= 15 is 0 Å². The standard InChI is InChI=1S/C25H28FN5O5S/c1-27-37(34,35)36-21-10-20(22(26)24(21)33)30-25-19(11-28-14-29-25)23(32)16-7-8-31(12-16)13-17-9-18(17)15-5-3-2-4-6-15/h2-8,11-12,14,17-18,20-22,24,27,33H,9-10,13H2,1H3,(H,28,29,30)/t17-,18-,20+,21+,22+,24+/m0/s1. The number of nitrogens with one attached hydrogen (secondary N) is 2. The highest BCUT2D eigenvalue weighted by Crippen LogP contribution is 2.48. The van der Waals surface area contributed by atoms with E-state index in [4.69, 9.17) is 4.18 Å². The first-order valence-electron chi connectivity index (χ1n) is 12.0. The zero-order valence-corrected chi connectivity index (χ0v) is 20.9. The van der Waals surface area contributed by atoms with Crippen LogP contribution >= 0.6 is 0 Å². The maximum atomic E-state index is 14.8. The molecule has 0 radical (unpaired) electrons. The first-order valence-corrected chi connectivity index (χ1v) is 13.4.